The highest BCUT2D eigenvalue weighted by Crippen LogP contribution is 2.31. The summed E-state index contributed by atoms with van der Waals surface area (Å²) in [5.41, 5.74) is 0.935. The molecule has 146 valence electrons. The van der Waals surface area contributed by atoms with E-state index in [9.17, 15) is 18.3 Å². The highest BCUT2D eigenvalue weighted by molar-refractivity contribution is 5.67. The third kappa shape index (κ3) is 4.98. The minimum Gasteiger partial charge on any atom is -0.394 e. The number of hydrogen-bond donors (Lipinski definition) is 3. The van der Waals surface area contributed by atoms with Crippen LogP contribution in [0, 0.1) is 0 Å². The van der Waals surface area contributed by atoms with E-state index in [2.05, 4.69) is 20.6 Å². The third-order valence-corrected chi connectivity index (χ3v) is 3.91. The first-order valence-electron chi connectivity index (χ1n) is 8.61. The minimum absolute atomic E-state index is 0.116. The van der Waals surface area contributed by atoms with Gasteiger partial charge in [-0.15, -0.1) is 0 Å². The maximum atomic E-state index is 13.0. The van der Waals surface area contributed by atoms with Crippen molar-refractivity contribution in [3.8, 4) is 11.3 Å². The van der Waals surface area contributed by atoms with Crippen LogP contribution in [0.5, 0.6) is 0 Å². The fourth-order valence-corrected chi connectivity index (χ4v) is 2.52. The normalized spacial score (nSPS) is 12.5. The molecule has 0 radical (unpaired) electrons. The molecule has 3 aromatic rings. The fourth-order valence-electron chi connectivity index (χ4n) is 2.52. The second kappa shape index (κ2) is 8.26. The summed E-state index contributed by atoms with van der Waals surface area (Å²) in [6, 6.07) is 15.6. The first-order valence-corrected chi connectivity index (χ1v) is 8.61. The molecule has 28 heavy (non-hydrogen) atoms. The van der Waals surface area contributed by atoms with E-state index in [0.29, 0.717) is 11.5 Å². The van der Waals surface area contributed by atoms with Crippen molar-refractivity contribution < 1.29 is 18.3 Å². The Morgan fingerprint density at radius 2 is 1.75 bits per heavy atom. The van der Waals surface area contributed by atoms with E-state index in [4.69, 9.17) is 0 Å². The van der Waals surface area contributed by atoms with Crippen LogP contribution in [0.2, 0.25) is 0 Å². The second-order valence-electron chi connectivity index (χ2n) is 6.26. The van der Waals surface area contributed by atoms with E-state index in [1.54, 1.807) is 13.0 Å². The fraction of sp³-hybridized carbons (Fsp3) is 0.200. The monoisotopic (exact) mass is 388 g/mol. The molecule has 0 aliphatic carbocycles. The van der Waals surface area contributed by atoms with Gasteiger partial charge in [-0.1, -0.05) is 36.4 Å². The van der Waals surface area contributed by atoms with Crippen LogP contribution in [0.15, 0.2) is 60.7 Å². The number of anilines is 3. The van der Waals surface area contributed by atoms with Crippen LogP contribution in [-0.2, 0) is 6.18 Å². The average Bonchev–Trinajstić information content (AvgIpc) is 2.68. The zero-order valence-corrected chi connectivity index (χ0v) is 15.0. The van der Waals surface area contributed by atoms with Crippen molar-refractivity contribution >= 4 is 17.5 Å². The van der Waals surface area contributed by atoms with Gasteiger partial charge in [-0.3, -0.25) is 0 Å². The zero-order valence-electron chi connectivity index (χ0n) is 15.0. The van der Waals surface area contributed by atoms with Crippen molar-refractivity contribution in [1.82, 2.24) is 9.97 Å². The number of alkyl halides is 3. The summed E-state index contributed by atoms with van der Waals surface area (Å²) in [5.74, 6) is 0.596. The number of benzene rings is 2. The van der Waals surface area contributed by atoms with Crippen molar-refractivity contribution in [2.24, 2.45) is 0 Å². The van der Waals surface area contributed by atoms with Gasteiger partial charge in [0.1, 0.15) is 5.82 Å². The Morgan fingerprint density at radius 3 is 2.43 bits per heavy atom. The largest absolute Gasteiger partial charge is 0.416 e. The van der Waals surface area contributed by atoms with Gasteiger partial charge in [0.15, 0.2) is 0 Å². The maximum absolute atomic E-state index is 13.0. The molecule has 0 spiro atoms. The molecule has 0 fully saturated rings. The van der Waals surface area contributed by atoms with Crippen molar-refractivity contribution in [3.05, 3.63) is 66.2 Å². The molecule has 1 atom stereocenters. The number of hydrogen-bond acceptors (Lipinski definition) is 5. The standard InChI is InChI=1S/C20H19F3N4O/c1-13(12-28)24-19-26-17(14-6-3-2-4-7-14)11-18(27-19)25-16-9-5-8-15(10-16)20(21,22)23/h2-11,13,28H,12H2,1H3,(H2,24,25,26,27)/t13-/m1/s1. The van der Waals surface area contributed by atoms with Crippen molar-refractivity contribution in [2.75, 3.05) is 17.2 Å². The molecule has 0 amide bonds. The van der Waals surface area contributed by atoms with Gasteiger partial charge >= 0.3 is 6.18 Å². The van der Waals surface area contributed by atoms with E-state index >= 15 is 0 Å². The Bertz CT molecular complexity index is 932. The van der Waals surface area contributed by atoms with Gasteiger partial charge in [-0.2, -0.15) is 18.2 Å². The summed E-state index contributed by atoms with van der Waals surface area (Å²) < 4.78 is 38.9. The summed E-state index contributed by atoms with van der Waals surface area (Å²) in [6.45, 7) is 1.65. The molecule has 0 saturated carbocycles. The highest BCUT2D eigenvalue weighted by atomic mass is 19.4. The zero-order chi connectivity index (χ0) is 20.1. The summed E-state index contributed by atoms with van der Waals surface area (Å²) in [6.07, 6.45) is -4.43. The third-order valence-electron chi connectivity index (χ3n) is 3.91. The van der Waals surface area contributed by atoms with E-state index in [0.717, 1.165) is 17.7 Å². The van der Waals surface area contributed by atoms with Crippen LogP contribution in [0.1, 0.15) is 12.5 Å². The van der Waals surface area contributed by atoms with Gasteiger partial charge in [0.25, 0.3) is 0 Å². The Labute approximate surface area is 160 Å². The average molecular weight is 388 g/mol. The van der Waals surface area contributed by atoms with E-state index in [1.807, 2.05) is 30.3 Å². The minimum atomic E-state index is -4.43. The predicted molar refractivity (Wildman–Crippen MR) is 102 cm³/mol. The Kier molecular flexibility index (Phi) is 5.79. The SMILES string of the molecule is C[C@H](CO)Nc1nc(Nc2cccc(C(F)(F)F)c2)cc(-c2ccccc2)n1. The first-order chi connectivity index (χ1) is 13.3. The molecule has 3 rings (SSSR count). The van der Waals surface area contributed by atoms with Crippen molar-refractivity contribution in [1.29, 1.82) is 0 Å². The quantitative estimate of drug-likeness (QED) is 0.571. The lowest BCUT2D eigenvalue weighted by Gasteiger charge is -2.15. The van der Waals surface area contributed by atoms with Gasteiger partial charge < -0.3 is 15.7 Å². The number of halogens is 3. The first kappa shape index (κ1) is 19.6. The molecule has 0 aliphatic heterocycles. The second-order valence-corrected chi connectivity index (χ2v) is 6.26. The van der Waals surface area contributed by atoms with Crippen LogP contribution in [0.4, 0.5) is 30.6 Å². The maximum Gasteiger partial charge on any atom is 0.416 e. The Balaban J connectivity index is 1.96. The topological polar surface area (TPSA) is 70.1 Å². The highest BCUT2D eigenvalue weighted by Gasteiger charge is 2.30. The van der Waals surface area contributed by atoms with Gasteiger partial charge in [-0.25, -0.2) is 4.98 Å². The van der Waals surface area contributed by atoms with Crippen molar-refractivity contribution in [2.45, 2.75) is 19.1 Å². The summed E-state index contributed by atoms with van der Waals surface area (Å²) >= 11 is 0. The number of aliphatic hydroxyl groups is 1. The molecule has 0 bridgehead atoms. The lowest BCUT2D eigenvalue weighted by molar-refractivity contribution is -0.137. The number of aromatic nitrogens is 2. The van der Waals surface area contributed by atoms with Gasteiger partial charge in [0.05, 0.1) is 17.9 Å². The lowest BCUT2D eigenvalue weighted by atomic mass is 10.1. The summed E-state index contributed by atoms with van der Waals surface area (Å²) in [7, 11) is 0. The Hall–Kier alpha value is -3.13. The van der Waals surface area contributed by atoms with Crippen LogP contribution in [0.3, 0.4) is 0 Å². The summed E-state index contributed by atoms with van der Waals surface area (Å²) in [5, 5.41) is 15.1. The molecule has 0 unspecified atom stereocenters. The molecule has 3 N–H and O–H groups in total. The number of rotatable bonds is 6. The summed E-state index contributed by atoms with van der Waals surface area (Å²) in [4.78, 5) is 8.74. The van der Waals surface area contributed by atoms with Crippen molar-refractivity contribution in [3.63, 3.8) is 0 Å². The van der Waals surface area contributed by atoms with Crippen LogP contribution >= 0.6 is 0 Å². The molecule has 1 heterocycles. The van der Waals surface area contributed by atoms with E-state index in [-0.39, 0.29) is 24.3 Å². The number of aliphatic hydroxyl groups excluding tert-OH is 1. The molecule has 8 heteroatoms. The lowest BCUT2D eigenvalue weighted by Crippen LogP contribution is -2.21. The number of nitrogens with zero attached hydrogens (tertiary/aromatic N) is 2. The molecule has 0 saturated heterocycles. The van der Waals surface area contributed by atoms with Crippen LogP contribution in [-0.4, -0.2) is 27.7 Å². The molecular formula is C20H19F3N4O. The van der Waals surface area contributed by atoms with Crippen LogP contribution < -0.4 is 10.6 Å². The Morgan fingerprint density at radius 1 is 1.00 bits per heavy atom. The molecular weight excluding hydrogens is 369 g/mol. The molecule has 0 aliphatic rings. The van der Waals surface area contributed by atoms with E-state index < -0.39 is 11.7 Å². The smallest absolute Gasteiger partial charge is 0.394 e. The number of nitrogens with one attached hydrogen (secondary N) is 2. The molecule has 5 nitrogen and oxygen atoms in total. The van der Waals surface area contributed by atoms with Gasteiger partial charge in [-0.05, 0) is 25.1 Å². The van der Waals surface area contributed by atoms with E-state index in [1.165, 1.54) is 12.1 Å². The predicted octanol–water partition coefficient (Wildman–Crippen LogP) is 4.70. The molecule has 2 aromatic carbocycles. The van der Waals surface area contributed by atoms with Gasteiger partial charge in [0, 0.05) is 23.4 Å². The molecule has 1 aromatic heterocycles. The van der Waals surface area contributed by atoms with Crippen LogP contribution in [0.25, 0.3) is 11.3 Å². The van der Waals surface area contributed by atoms with Gasteiger partial charge in [0.2, 0.25) is 5.95 Å².